The fourth-order valence-electron chi connectivity index (χ4n) is 5.14. The predicted molar refractivity (Wildman–Crippen MR) is 110 cm³/mol. The van der Waals surface area contributed by atoms with Gasteiger partial charge >= 0.3 is 0 Å². The predicted octanol–water partition coefficient (Wildman–Crippen LogP) is 7.07. The van der Waals surface area contributed by atoms with Crippen molar-refractivity contribution in [2.45, 2.75) is 5.41 Å². The largest absolute Gasteiger partial charge is 0.207 e. The summed E-state index contributed by atoms with van der Waals surface area (Å²) in [5.41, 5.74) is 7.21. The van der Waals surface area contributed by atoms with Crippen LogP contribution in [-0.4, -0.2) is 0 Å². The normalized spacial score (nSPS) is 14.5. The summed E-state index contributed by atoms with van der Waals surface area (Å²) in [6.45, 7) is 0. The lowest BCUT2D eigenvalue weighted by Gasteiger charge is -2.31. The summed E-state index contributed by atoms with van der Waals surface area (Å²) < 4.78 is 29.9. The molecule has 4 aromatic rings. The van der Waals surface area contributed by atoms with Crippen molar-refractivity contribution < 1.29 is 8.78 Å². The highest BCUT2D eigenvalue weighted by molar-refractivity contribution is 9.10. The highest BCUT2D eigenvalue weighted by atomic mass is 79.9. The lowest BCUT2D eigenvalue weighted by Crippen LogP contribution is -2.26. The second kappa shape index (κ2) is 5.39. The molecule has 4 aromatic carbocycles. The van der Waals surface area contributed by atoms with Gasteiger partial charge in [0.1, 0.15) is 11.6 Å². The molecule has 0 N–H and O–H groups in total. The van der Waals surface area contributed by atoms with Gasteiger partial charge < -0.3 is 0 Å². The van der Waals surface area contributed by atoms with Gasteiger partial charge in [-0.1, -0.05) is 64.5 Å². The van der Waals surface area contributed by atoms with Gasteiger partial charge in [-0.25, -0.2) is 8.78 Å². The summed E-state index contributed by atoms with van der Waals surface area (Å²) in [6, 6.07) is 24.1. The van der Waals surface area contributed by atoms with E-state index in [0.29, 0.717) is 0 Å². The third-order valence-electron chi connectivity index (χ3n) is 6.07. The maximum Gasteiger partial charge on any atom is 0.123 e. The van der Waals surface area contributed by atoms with Crippen molar-refractivity contribution in [1.82, 2.24) is 0 Å². The molecule has 0 radical (unpaired) electrons. The Hall–Kier alpha value is -2.78. The minimum Gasteiger partial charge on any atom is -0.207 e. The first-order valence-electron chi connectivity index (χ1n) is 9.11. The number of rotatable bonds is 0. The van der Waals surface area contributed by atoms with Crippen LogP contribution in [0.2, 0.25) is 0 Å². The third-order valence-corrected chi connectivity index (χ3v) is 6.73. The lowest BCUT2D eigenvalue weighted by molar-refractivity contribution is 0.617. The van der Waals surface area contributed by atoms with Crippen molar-refractivity contribution in [2.75, 3.05) is 0 Å². The van der Waals surface area contributed by atoms with E-state index in [1.165, 1.54) is 12.1 Å². The zero-order valence-electron chi connectivity index (χ0n) is 14.6. The quantitative estimate of drug-likeness (QED) is 0.241. The molecule has 0 unspecified atom stereocenters. The molecule has 0 saturated heterocycles. The van der Waals surface area contributed by atoms with Gasteiger partial charge in [0.15, 0.2) is 0 Å². The van der Waals surface area contributed by atoms with Crippen molar-refractivity contribution in [2.24, 2.45) is 0 Å². The zero-order chi connectivity index (χ0) is 19.0. The summed E-state index contributed by atoms with van der Waals surface area (Å²) in [6.07, 6.45) is 0. The second-order valence-electron chi connectivity index (χ2n) is 7.34. The van der Waals surface area contributed by atoms with E-state index in [2.05, 4.69) is 34.1 Å². The van der Waals surface area contributed by atoms with Crippen molar-refractivity contribution in [3.05, 3.63) is 117 Å². The highest BCUT2D eigenvalue weighted by Crippen LogP contribution is 2.64. The fraction of sp³-hybridized carbons (Fsp3) is 0.0400. The van der Waals surface area contributed by atoms with Gasteiger partial charge in [0.05, 0.1) is 5.41 Å². The maximum absolute atomic E-state index is 14.5. The summed E-state index contributed by atoms with van der Waals surface area (Å²) in [5.74, 6) is -0.575. The van der Waals surface area contributed by atoms with Crippen LogP contribution in [0, 0.1) is 11.6 Å². The molecule has 0 aliphatic heterocycles. The molecule has 0 nitrogen and oxygen atoms in total. The summed E-state index contributed by atoms with van der Waals surface area (Å²) in [7, 11) is 0. The van der Waals surface area contributed by atoms with Crippen molar-refractivity contribution in [3.8, 4) is 22.3 Å². The van der Waals surface area contributed by atoms with Crippen LogP contribution in [0.1, 0.15) is 22.3 Å². The van der Waals surface area contributed by atoms with Crippen LogP contribution in [0.25, 0.3) is 22.3 Å². The Morgan fingerprint density at radius 2 is 1.14 bits per heavy atom. The number of fused-ring (bicyclic) bond motifs is 10. The monoisotopic (exact) mass is 430 g/mol. The summed E-state index contributed by atoms with van der Waals surface area (Å²) in [5, 5.41) is 0. The molecule has 0 saturated carbocycles. The molecular weight excluding hydrogens is 418 g/mol. The molecule has 1 spiro atoms. The van der Waals surface area contributed by atoms with Crippen LogP contribution in [0.3, 0.4) is 0 Å². The topological polar surface area (TPSA) is 0 Å². The van der Waals surface area contributed by atoms with E-state index in [4.69, 9.17) is 0 Å². The first kappa shape index (κ1) is 16.2. The molecule has 2 aliphatic rings. The number of halogens is 3. The van der Waals surface area contributed by atoms with Gasteiger partial charge in [-0.15, -0.1) is 0 Å². The Morgan fingerprint density at radius 3 is 1.82 bits per heavy atom. The molecule has 2 aliphatic carbocycles. The Kier molecular flexibility index (Phi) is 3.12. The smallest absolute Gasteiger partial charge is 0.123 e. The van der Waals surface area contributed by atoms with Crippen LogP contribution in [-0.2, 0) is 5.41 Å². The number of benzene rings is 4. The molecule has 0 atom stereocenters. The van der Waals surface area contributed by atoms with Crippen LogP contribution in [0.4, 0.5) is 8.78 Å². The third kappa shape index (κ3) is 1.78. The number of hydrogen-bond acceptors (Lipinski definition) is 0. The molecule has 3 heteroatoms. The molecular formula is C25H13BrF2. The van der Waals surface area contributed by atoms with E-state index in [-0.39, 0.29) is 11.6 Å². The SMILES string of the molecule is Fc1ccc2c(c1)C1(c3cc(F)ccc3-2)c2ccccc2-c2cccc(Br)c21. The van der Waals surface area contributed by atoms with Gasteiger partial charge in [0, 0.05) is 4.47 Å². The van der Waals surface area contributed by atoms with E-state index < -0.39 is 5.41 Å². The molecule has 0 amide bonds. The van der Waals surface area contributed by atoms with E-state index in [1.807, 2.05) is 36.4 Å². The van der Waals surface area contributed by atoms with Crippen molar-refractivity contribution in [3.63, 3.8) is 0 Å². The minimum absolute atomic E-state index is 0.288. The second-order valence-corrected chi connectivity index (χ2v) is 8.19. The molecule has 0 fully saturated rings. The Bertz CT molecular complexity index is 1250. The van der Waals surface area contributed by atoms with Crippen molar-refractivity contribution >= 4 is 15.9 Å². The Labute approximate surface area is 169 Å². The molecule has 6 rings (SSSR count). The van der Waals surface area contributed by atoms with Gasteiger partial charge in [-0.3, -0.25) is 0 Å². The van der Waals surface area contributed by atoms with E-state index in [0.717, 1.165) is 49.0 Å². The Morgan fingerprint density at radius 1 is 0.571 bits per heavy atom. The fourth-order valence-corrected chi connectivity index (χ4v) is 5.80. The van der Waals surface area contributed by atoms with Gasteiger partial charge in [0.2, 0.25) is 0 Å². The average Bonchev–Trinajstić information content (AvgIpc) is 3.15. The summed E-state index contributed by atoms with van der Waals surface area (Å²) in [4.78, 5) is 0. The molecule has 0 aromatic heterocycles. The van der Waals surface area contributed by atoms with E-state index in [9.17, 15) is 8.78 Å². The average molecular weight is 431 g/mol. The first-order chi connectivity index (χ1) is 13.6. The van der Waals surface area contributed by atoms with Gasteiger partial charge in [-0.2, -0.15) is 0 Å². The Balaban J connectivity index is 1.90. The molecule has 0 heterocycles. The number of hydrogen-bond donors (Lipinski definition) is 0. The van der Waals surface area contributed by atoms with Gasteiger partial charge in [0.25, 0.3) is 0 Å². The molecule has 0 bridgehead atoms. The highest BCUT2D eigenvalue weighted by Gasteiger charge is 2.52. The maximum atomic E-state index is 14.5. The van der Waals surface area contributed by atoms with Crippen LogP contribution >= 0.6 is 15.9 Å². The zero-order valence-corrected chi connectivity index (χ0v) is 16.2. The van der Waals surface area contributed by atoms with Gasteiger partial charge in [-0.05, 0) is 74.8 Å². The van der Waals surface area contributed by atoms with Crippen LogP contribution in [0.5, 0.6) is 0 Å². The standard InChI is InChI=1S/C25H13BrF2/c26-23-7-3-5-19-16-4-1-2-6-20(16)25(24(19)23)21-12-14(27)8-10-17(21)18-11-9-15(28)13-22(18)25/h1-13H. The van der Waals surface area contributed by atoms with Crippen LogP contribution in [0.15, 0.2) is 83.3 Å². The van der Waals surface area contributed by atoms with Crippen molar-refractivity contribution in [1.29, 1.82) is 0 Å². The molecule has 28 heavy (non-hydrogen) atoms. The first-order valence-corrected chi connectivity index (χ1v) is 9.91. The van der Waals surface area contributed by atoms with E-state index in [1.54, 1.807) is 12.1 Å². The summed E-state index contributed by atoms with van der Waals surface area (Å²) >= 11 is 3.74. The lowest BCUT2D eigenvalue weighted by atomic mass is 9.70. The molecule has 134 valence electrons. The van der Waals surface area contributed by atoms with Crippen LogP contribution < -0.4 is 0 Å². The minimum atomic E-state index is -0.735. The van der Waals surface area contributed by atoms with E-state index >= 15 is 0 Å².